The Morgan fingerprint density at radius 3 is 2.61 bits per heavy atom. The topological polar surface area (TPSA) is 87.0 Å². The first kappa shape index (κ1) is 14.8. The summed E-state index contributed by atoms with van der Waals surface area (Å²) in [6, 6.07) is 4.59. The minimum Gasteiger partial charge on any atom is -0.496 e. The maximum absolute atomic E-state index is 10.6. The van der Waals surface area contributed by atoms with Crippen LogP contribution < -0.4 is 4.74 Å². The van der Waals surface area contributed by atoms with Gasteiger partial charge in [-0.15, -0.1) is 11.6 Å². The van der Waals surface area contributed by atoms with Crippen molar-refractivity contribution in [2.24, 2.45) is 0 Å². The average molecular weight is 275 g/mol. The molecule has 2 unspecified atom stereocenters. The van der Waals surface area contributed by atoms with Crippen LogP contribution in [0.5, 0.6) is 5.75 Å². The Morgan fingerprint density at radius 2 is 2.11 bits per heavy atom. The fourth-order valence-corrected chi connectivity index (χ4v) is 1.73. The van der Waals surface area contributed by atoms with Gasteiger partial charge in [0, 0.05) is 5.56 Å². The van der Waals surface area contributed by atoms with E-state index in [1.807, 2.05) is 0 Å². The minimum absolute atomic E-state index is 0.0969. The van der Waals surface area contributed by atoms with Crippen molar-refractivity contribution in [3.8, 4) is 5.75 Å². The van der Waals surface area contributed by atoms with Crippen LogP contribution >= 0.6 is 11.6 Å². The van der Waals surface area contributed by atoms with Crippen molar-refractivity contribution >= 4 is 17.6 Å². The molecule has 1 rings (SSSR count). The Bertz CT molecular complexity index is 421. The number of ether oxygens (including phenoxy) is 1. The molecule has 0 amide bonds. The van der Waals surface area contributed by atoms with E-state index >= 15 is 0 Å². The normalized spacial score (nSPS) is 14.0. The summed E-state index contributed by atoms with van der Waals surface area (Å²) in [7, 11) is 1.41. The zero-order valence-corrected chi connectivity index (χ0v) is 10.6. The smallest absolute Gasteiger partial charge is 0.307 e. The summed E-state index contributed by atoms with van der Waals surface area (Å²) in [5, 5.41) is 27.9. The number of carbonyl (C=O) groups is 1. The quantitative estimate of drug-likeness (QED) is 0.673. The molecule has 0 radical (unpaired) electrons. The van der Waals surface area contributed by atoms with Crippen LogP contribution in [-0.4, -0.2) is 40.4 Å². The molecule has 0 aliphatic carbocycles. The molecule has 0 aliphatic rings. The van der Waals surface area contributed by atoms with E-state index in [0.717, 1.165) is 0 Å². The van der Waals surface area contributed by atoms with Gasteiger partial charge in [0.05, 0.1) is 25.5 Å². The maximum atomic E-state index is 10.6. The third kappa shape index (κ3) is 3.60. The highest BCUT2D eigenvalue weighted by Crippen LogP contribution is 2.26. The van der Waals surface area contributed by atoms with E-state index in [1.165, 1.54) is 13.2 Å². The van der Waals surface area contributed by atoms with Crippen molar-refractivity contribution in [3.63, 3.8) is 0 Å². The third-order valence-electron chi connectivity index (χ3n) is 2.52. The molecular weight excluding hydrogens is 260 g/mol. The van der Waals surface area contributed by atoms with Crippen LogP contribution in [0.2, 0.25) is 0 Å². The lowest BCUT2D eigenvalue weighted by molar-refractivity contribution is -0.136. The number of aliphatic hydroxyl groups excluding tert-OH is 2. The van der Waals surface area contributed by atoms with Crippen molar-refractivity contribution in [3.05, 3.63) is 29.3 Å². The molecule has 2 atom stereocenters. The van der Waals surface area contributed by atoms with Crippen LogP contribution in [0.15, 0.2) is 18.2 Å². The molecule has 100 valence electrons. The van der Waals surface area contributed by atoms with Gasteiger partial charge < -0.3 is 20.1 Å². The van der Waals surface area contributed by atoms with Crippen LogP contribution in [0.1, 0.15) is 17.2 Å². The van der Waals surface area contributed by atoms with Gasteiger partial charge in [0.1, 0.15) is 11.9 Å². The highest BCUT2D eigenvalue weighted by Gasteiger charge is 2.19. The van der Waals surface area contributed by atoms with E-state index in [-0.39, 0.29) is 12.3 Å². The fourth-order valence-electron chi connectivity index (χ4n) is 1.56. The number of carboxylic acid groups (broad SMARTS) is 1. The van der Waals surface area contributed by atoms with Gasteiger partial charge in [0.25, 0.3) is 0 Å². The SMILES string of the molecule is COc1cc(C(O)C(O)CCl)ccc1CC(=O)O. The molecule has 18 heavy (non-hydrogen) atoms. The van der Waals surface area contributed by atoms with Crippen LogP contribution in [0, 0.1) is 0 Å². The summed E-state index contributed by atoms with van der Waals surface area (Å²) in [5.74, 6) is -0.710. The minimum atomic E-state index is -1.13. The summed E-state index contributed by atoms with van der Waals surface area (Å²) >= 11 is 5.45. The maximum Gasteiger partial charge on any atom is 0.307 e. The molecule has 5 nitrogen and oxygen atoms in total. The number of rotatable bonds is 6. The van der Waals surface area contributed by atoms with Crippen molar-refractivity contribution in [1.29, 1.82) is 0 Å². The Kier molecular flexibility index (Phi) is 5.40. The van der Waals surface area contributed by atoms with Gasteiger partial charge in [-0.2, -0.15) is 0 Å². The first-order valence-electron chi connectivity index (χ1n) is 5.30. The fraction of sp³-hybridized carbons (Fsp3) is 0.417. The summed E-state index contributed by atoms with van der Waals surface area (Å²) < 4.78 is 5.06. The summed E-state index contributed by atoms with van der Waals surface area (Å²) in [6.07, 6.45) is -2.38. The number of aliphatic carboxylic acids is 1. The number of carboxylic acids is 1. The van der Waals surface area contributed by atoms with E-state index in [2.05, 4.69) is 0 Å². The molecule has 3 N–H and O–H groups in total. The Hall–Kier alpha value is -1.30. The predicted molar refractivity (Wildman–Crippen MR) is 66.0 cm³/mol. The second-order valence-corrected chi connectivity index (χ2v) is 4.12. The van der Waals surface area contributed by atoms with Crippen LogP contribution in [0.25, 0.3) is 0 Å². The molecule has 0 bridgehead atoms. The Labute approximate surface area is 110 Å². The van der Waals surface area contributed by atoms with Crippen LogP contribution in [0.4, 0.5) is 0 Å². The summed E-state index contributed by atoms with van der Waals surface area (Å²) in [5.41, 5.74) is 0.926. The number of methoxy groups -OCH3 is 1. The molecule has 0 aliphatic heterocycles. The van der Waals surface area contributed by atoms with Crippen LogP contribution in [0.3, 0.4) is 0 Å². The molecule has 1 aromatic rings. The van der Waals surface area contributed by atoms with E-state index < -0.39 is 18.2 Å². The number of hydrogen-bond donors (Lipinski definition) is 3. The Balaban J connectivity index is 3.01. The van der Waals surface area contributed by atoms with Gasteiger partial charge in [-0.3, -0.25) is 4.79 Å². The summed E-state index contributed by atoms with van der Waals surface area (Å²) in [4.78, 5) is 10.6. The van der Waals surface area contributed by atoms with Gasteiger partial charge in [0.2, 0.25) is 0 Å². The van der Waals surface area contributed by atoms with E-state index in [1.54, 1.807) is 12.1 Å². The lowest BCUT2D eigenvalue weighted by Crippen LogP contribution is -2.19. The lowest BCUT2D eigenvalue weighted by Gasteiger charge is -2.17. The Morgan fingerprint density at radius 1 is 1.44 bits per heavy atom. The van der Waals surface area contributed by atoms with Gasteiger partial charge >= 0.3 is 5.97 Å². The predicted octanol–water partition coefficient (Wildman–Crippen LogP) is 0.955. The van der Waals surface area contributed by atoms with E-state index in [4.69, 9.17) is 21.4 Å². The highest BCUT2D eigenvalue weighted by atomic mass is 35.5. The standard InChI is InChI=1S/C12H15ClO5/c1-18-10-4-8(12(17)9(14)6-13)3-2-7(10)5-11(15)16/h2-4,9,12,14,17H,5-6H2,1H3,(H,15,16). The second kappa shape index (κ2) is 6.58. The first-order valence-corrected chi connectivity index (χ1v) is 5.83. The first-order chi connectivity index (χ1) is 8.49. The van der Waals surface area contributed by atoms with Gasteiger partial charge in [0.15, 0.2) is 0 Å². The largest absolute Gasteiger partial charge is 0.496 e. The lowest BCUT2D eigenvalue weighted by atomic mass is 10.0. The molecule has 0 spiro atoms. The van der Waals surface area contributed by atoms with Crippen LogP contribution in [-0.2, 0) is 11.2 Å². The number of benzene rings is 1. The van der Waals surface area contributed by atoms with E-state index in [0.29, 0.717) is 16.9 Å². The molecule has 0 aromatic heterocycles. The monoisotopic (exact) mass is 274 g/mol. The molecule has 1 aromatic carbocycles. The average Bonchev–Trinajstić information content (AvgIpc) is 2.36. The number of aliphatic hydroxyl groups is 2. The molecule has 0 fully saturated rings. The molecule has 0 heterocycles. The van der Waals surface area contributed by atoms with Gasteiger partial charge in [-0.1, -0.05) is 12.1 Å². The molecule has 0 saturated carbocycles. The molecule has 6 heteroatoms. The van der Waals surface area contributed by atoms with Crippen molar-refractivity contribution in [1.82, 2.24) is 0 Å². The van der Waals surface area contributed by atoms with Gasteiger partial charge in [-0.05, 0) is 11.6 Å². The molecular formula is C12H15ClO5. The van der Waals surface area contributed by atoms with Crippen molar-refractivity contribution in [2.75, 3.05) is 13.0 Å². The second-order valence-electron chi connectivity index (χ2n) is 3.81. The summed E-state index contributed by atoms with van der Waals surface area (Å²) in [6.45, 7) is 0. The van der Waals surface area contributed by atoms with Crippen molar-refractivity contribution < 1.29 is 24.9 Å². The third-order valence-corrected chi connectivity index (χ3v) is 2.83. The zero-order valence-electron chi connectivity index (χ0n) is 9.84. The number of alkyl halides is 1. The zero-order chi connectivity index (χ0) is 13.7. The number of halogens is 1. The highest BCUT2D eigenvalue weighted by molar-refractivity contribution is 6.18. The molecule has 0 saturated heterocycles. The number of hydrogen-bond acceptors (Lipinski definition) is 4. The van der Waals surface area contributed by atoms with Crippen molar-refractivity contribution in [2.45, 2.75) is 18.6 Å². The van der Waals surface area contributed by atoms with Gasteiger partial charge in [-0.25, -0.2) is 0 Å². The van der Waals surface area contributed by atoms with E-state index in [9.17, 15) is 15.0 Å².